The summed E-state index contributed by atoms with van der Waals surface area (Å²) in [6.07, 6.45) is 0. The van der Waals surface area contributed by atoms with Gasteiger partial charge in [0.2, 0.25) is 0 Å². The Morgan fingerprint density at radius 2 is 0.923 bits per heavy atom. The summed E-state index contributed by atoms with van der Waals surface area (Å²) in [7, 11) is -10.8. The second kappa shape index (κ2) is 9.08. The molecule has 0 saturated heterocycles. The van der Waals surface area contributed by atoms with Crippen molar-refractivity contribution in [2.45, 2.75) is 6.92 Å². The Bertz CT molecular complexity index is 144. The Hall–Kier alpha value is 0.510. The van der Waals surface area contributed by atoms with Gasteiger partial charge in [-0.25, -0.2) is 0 Å². The molecule has 0 amide bonds. The van der Waals surface area contributed by atoms with E-state index in [-0.39, 0.29) is 0 Å². The monoisotopic (exact) mass is 254 g/mol. The molecule has 0 radical (unpaired) electrons. The van der Waals surface area contributed by atoms with Gasteiger partial charge in [-0.3, -0.25) is 0 Å². The number of phosphoric acid groups is 2. The van der Waals surface area contributed by atoms with Crippen LogP contribution in [0.15, 0.2) is 0 Å². The average Bonchev–Trinajstić information content (AvgIpc) is 1.52. The number of hydrogen-bond donors (Lipinski definition) is 0. The third kappa shape index (κ3) is 5310. The van der Waals surface area contributed by atoms with Gasteiger partial charge in [0.05, 0.1) is 0 Å². The van der Waals surface area contributed by atoms with Crippen molar-refractivity contribution >= 4 is 27.2 Å². The predicted octanol–water partition coefficient (Wildman–Crippen LogP) is -4.40. The average molecular weight is 254 g/mol. The molecular weight excluding hydrogens is 249 g/mol. The third-order valence-electron chi connectivity index (χ3n) is 0. The van der Waals surface area contributed by atoms with Crippen LogP contribution in [0.5, 0.6) is 0 Å². The van der Waals surface area contributed by atoms with Gasteiger partial charge in [-0.1, -0.05) is 6.92 Å². The molecule has 0 aliphatic heterocycles. The molecule has 0 aromatic heterocycles. The molecule has 0 aromatic carbocycles. The van der Waals surface area contributed by atoms with Crippen molar-refractivity contribution in [3.8, 4) is 0 Å². The van der Waals surface area contributed by atoms with Crippen LogP contribution in [0.25, 0.3) is 0 Å². The summed E-state index contributed by atoms with van der Waals surface area (Å²) < 4.78 is 17.1. The fourth-order valence-electron chi connectivity index (χ4n) is 0. The third-order valence-corrected chi connectivity index (χ3v) is 0. The molecule has 8 nitrogen and oxygen atoms in total. The van der Waals surface area contributed by atoms with Crippen LogP contribution in [0, 0.1) is 0 Å². The number of hydrogen-bond acceptors (Lipinski definition) is 8. The Kier molecular flexibility index (Phi) is 13.4. The van der Waals surface area contributed by atoms with Crippen LogP contribution in [0.4, 0.5) is 0 Å². The summed E-state index contributed by atoms with van der Waals surface area (Å²) in [5.41, 5.74) is 0. The highest BCUT2D eigenvalue weighted by Crippen LogP contribution is 2.03. The van der Waals surface area contributed by atoms with Crippen LogP contribution < -0.4 is 29.4 Å². The molecular formula is C2H5ClO8P2-6. The van der Waals surface area contributed by atoms with Gasteiger partial charge in [-0.15, -0.1) is 11.6 Å². The standard InChI is InChI=1S/C2H5Cl.2H3O4P/c1-2-3;2*1-5(2,3)4/h2H2,1H3;2*(H3,1,2,3,4)/p-6. The van der Waals surface area contributed by atoms with Gasteiger partial charge in [0.15, 0.2) is 0 Å². The predicted molar refractivity (Wildman–Crippen MR) is 31.6 cm³/mol. The number of rotatable bonds is 0. The van der Waals surface area contributed by atoms with Gasteiger partial charge in [0, 0.05) is 5.88 Å². The van der Waals surface area contributed by atoms with Crippen LogP contribution in [-0.2, 0) is 9.13 Å². The van der Waals surface area contributed by atoms with Crippen molar-refractivity contribution in [1.82, 2.24) is 0 Å². The zero-order chi connectivity index (χ0) is 11.7. The van der Waals surface area contributed by atoms with Gasteiger partial charge in [0.25, 0.3) is 0 Å². The zero-order valence-corrected chi connectivity index (χ0v) is 8.79. The van der Waals surface area contributed by atoms with E-state index in [1.807, 2.05) is 6.92 Å². The largest absolute Gasteiger partial charge is 0.822 e. The number of alkyl halides is 1. The molecule has 0 N–H and O–H groups in total. The Labute approximate surface area is 79.3 Å². The van der Waals surface area contributed by atoms with Crippen LogP contribution in [0.1, 0.15) is 6.92 Å². The van der Waals surface area contributed by atoms with Gasteiger partial charge in [0.1, 0.15) is 0 Å². The van der Waals surface area contributed by atoms with Crippen LogP contribution >= 0.6 is 27.2 Å². The minimum atomic E-state index is -5.39. The Balaban J connectivity index is -0.000000120. The van der Waals surface area contributed by atoms with Gasteiger partial charge >= 0.3 is 0 Å². The molecule has 0 bridgehead atoms. The lowest BCUT2D eigenvalue weighted by Gasteiger charge is -2.36. The van der Waals surface area contributed by atoms with Crippen molar-refractivity contribution in [3.63, 3.8) is 0 Å². The molecule has 0 aliphatic rings. The second-order valence-electron chi connectivity index (χ2n) is 1.16. The highest BCUT2D eigenvalue weighted by Gasteiger charge is 1.45. The maximum absolute atomic E-state index is 8.55. The smallest absolute Gasteiger partial charge is 0.0195 e. The first-order valence-corrected chi connectivity index (χ1v) is 5.89. The molecule has 0 unspecified atom stereocenters. The van der Waals surface area contributed by atoms with Crippen LogP contribution in [0.3, 0.4) is 0 Å². The summed E-state index contributed by atoms with van der Waals surface area (Å²) in [6.45, 7) is 1.89. The van der Waals surface area contributed by atoms with E-state index in [1.54, 1.807) is 0 Å². The molecule has 0 fully saturated rings. The second-order valence-corrected chi connectivity index (χ2v) is 3.49. The summed E-state index contributed by atoms with van der Waals surface area (Å²) in [4.78, 5) is 51.3. The maximum Gasteiger partial charge on any atom is 0.0195 e. The molecule has 0 heterocycles. The lowest BCUT2D eigenvalue weighted by molar-refractivity contribution is -0.434. The van der Waals surface area contributed by atoms with Crippen molar-refractivity contribution in [2.75, 3.05) is 5.88 Å². The number of halogens is 1. The van der Waals surface area contributed by atoms with Crippen molar-refractivity contribution in [3.05, 3.63) is 0 Å². The summed E-state index contributed by atoms with van der Waals surface area (Å²) in [5, 5.41) is 0. The van der Waals surface area contributed by atoms with Crippen LogP contribution in [0.2, 0.25) is 0 Å². The van der Waals surface area contributed by atoms with E-state index in [0.29, 0.717) is 0 Å². The quantitative estimate of drug-likeness (QED) is 0.307. The van der Waals surface area contributed by atoms with Gasteiger partial charge in [-0.05, 0) is 0 Å². The molecule has 84 valence electrons. The normalized spacial score (nSPS) is 10.5. The maximum atomic E-state index is 8.55. The topological polar surface area (TPSA) is 172 Å². The van der Waals surface area contributed by atoms with E-state index in [9.17, 15) is 0 Å². The SMILES string of the molecule is CCCl.O=P([O-])([O-])[O-].O=P([O-])([O-])[O-]. The minimum Gasteiger partial charge on any atom is -0.822 e. The fourth-order valence-corrected chi connectivity index (χ4v) is 0. The molecule has 0 rings (SSSR count). The van der Waals surface area contributed by atoms with E-state index >= 15 is 0 Å². The first-order valence-electron chi connectivity index (χ1n) is 2.43. The zero-order valence-electron chi connectivity index (χ0n) is 6.25. The molecule has 0 aromatic rings. The molecule has 0 aliphatic carbocycles. The molecule has 0 atom stereocenters. The molecule has 0 saturated carbocycles. The lowest BCUT2D eigenvalue weighted by Crippen LogP contribution is -2.24. The molecule has 13 heavy (non-hydrogen) atoms. The first-order chi connectivity index (χ1) is 5.41. The van der Waals surface area contributed by atoms with Gasteiger partial charge in [-0.2, -0.15) is 15.6 Å². The first kappa shape index (κ1) is 19.1. The lowest BCUT2D eigenvalue weighted by atomic mass is 11.0. The summed E-state index contributed by atoms with van der Waals surface area (Å²) in [6, 6.07) is 0. The van der Waals surface area contributed by atoms with E-state index < -0.39 is 15.6 Å². The Morgan fingerprint density at radius 3 is 0.923 bits per heavy atom. The van der Waals surface area contributed by atoms with Crippen molar-refractivity contribution < 1.29 is 38.5 Å². The van der Waals surface area contributed by atoms with E-state index in [4.69, 9.17) is 50.1 Å². The van der Waals surface area contributed by atoms with E-state index in [0.717, 1.165) is 5.88 Å². The van der Waals surface area contributed by atoms with Crippen LogP contribution in [-0.4, -0.2) is 5.88 Å². The highest BCUT2D eigenvalue weighted by molar-refractivity contribution is 7.40. The summed E-state index contributed by atoms with van der Waals surface area (Å²) >= 11 is 5.00. The Morgan fingerprint density at radius 1 is 0.923 bits per heavy atom. The highest BCUT2D eigenvalue weighted by atomic mass is 35.5. The minimum absolute atomic E-state index is 0.722. The van der Waals surface area contributed by atoms with E-state index in [1.165, 1.54) is 0 Å². The van der Waals surface area contributed by atoms with Crippen molar-refractivity contribution in [2.24, 2.45) is 0 Å². The van der Waals surface area contributed by atoms with Gasteiger partial charge < -0.3 is 38.5 Å². The summed E-state index contributed by atoms with van der Waals surface area (Å²) in [5.74, 6) is 0.722. The fraction of sp³-hybridized carbons (Fsp3) is 1.00. The van der Waals surface area contributed by atoms with E-state index in [2.05, 4.69) is 0 Å². The molecule has 11 heteroatoms. The molecule has 0 spiro atoms. The van der Waals surface area contributed by atoms with Crippen molar-refractivity contribution in [1.29, 1.82) is 0 Å².